The number of imidazole rings is 1. The maximum absolute atomic E-state index is 5.00. The molecular formula is C48H32N2. The van der Waals surface area contributed by atoms with Crippen molar-refractivity contribution in [3.63, 3.8) is 0 Å². The number of aryl methyl sites for hydroxylation is 1. The number of nitrogens with zero attached hydrogens (tertiary/aromatic N) is 2. The Labute approximate surface area is 290 Å². The molecule has 0 unspecified atom stereocenters. The molecule has 9 aromatic rings. The molecule has 1 spiro atoms. The van der Waals surface area contributed by atoms with Crippen LogP contribution in [-0.2, 0) is 12.0 Å². The topological polar surface area (TPSA) is 17.8 Å². The molecule has 1 aromatic heterocycles. The molecule has 1 heterocycles. The van der Waals surface area contributed by atoms with Gasteiger partial charge in [-0.3, -0.25) is 0 Å². The van der Waals surface area contributed by atoms with Crippen LogP contribution in [0.3, 0.4) is 0 Å². The van der Waals surface area contributed by atoms with Crippen LogP contribution < -0.4 is 0 Å². The van der Waals surface area contributed by atoms with Gasteiger partial charge >= 0.3 is 0 Å². The molecule has 0 saturated carbocycles. The molecule has 2 aliphatic carbocycles. The van der Waals surface area contributed by atoms with Crippen molar-refractivity contribution in [1.29, 1.82) is 0 Å². The van der Waals surface area contributed by atoms with Gasteiger partial charge in [0.05, 0.1) is 16.4 Å². The molecule has 11 rings (SSSR count). The lowest BCUT2D eigenvalue weighted by Crippen LogP contribution is -2.26. The molecule has 0 N–H and O–H groups in total. The second-order valence-electron chi connectivity index (χ2n) is 13.8. The average Bonchev–Trinajstić information content (AvgIpc) is 3.81. The lowest BCUT2D eigenvalue weighted by molar-refractivity contribution is 0.796. The number of benzene rings is 8. The maximum atomic E-state index is 5.00. The Hall–Kier alpha value is -6.25. The quantitative estimate of drug-likeness (QED) is 0.189. The van der Waals surface area contributed by atoms with Crippen molar-refractivity contribution in [2.45, 2.75) is 18.9 Å². The van der Waals surface area contributed by atoms with Crippen molar-refractivity contribution < 1.29 is 0 Å². The van der Waals surface area contributed by atoms with Crippen molar-refractivity contribution >= 4 is 32.6 Å². The van der Waals surface area contributed by atoms with Crippen molar-refractivity contribution in [2.24, 2.45) is 0 Å². The van der Waals surface area contributed by atoms with E-state index in [-0.39, 0.29) is 0 Å². The lowest BCUT2D eigenvalue weighted by atomic mass is 9.69. The number of fused-ring (bicyclic) bond motifs is 14. The molecule has 0 fully saturated rings. The highest BCUT2D eigenvalue weighted by atomic mass is 15.1. The number of rotatable bonds is 3. The van der Waals surface area contributed by atoms with Crippen LogP contribution in [0.5, 0.6) is 0 Å². The van der Waals surface area contributed by atoms with E-state index in [1.807, 2.05) is 0 Å². The summed E-state index contributed by atoms with van der Waals surface area (Å²) in [6.45, 7) is 3.06. The first-order valence-electron chi connectivity index (χ1n) is 17.6. The second kappa shape index (κ2) is 10.1. The lowest BCUT2D eigenvalue weighted by Gasteiger charge is -2.31. The fraction of sp³-hybridized carbons (Fsp3) is 0.0625. The Balaban J connectivity index is 1.11. The highest BCUT2D eigenvalue weighted by molar-refractivity contribution is 6.06. The summed E-state index contributed by atoms with van der Waals surface area (Å²) in [5, 5.41) is 5.13. The van der Waals surface area contributed by atoms with Crippen LogP contribution in [0.25, 0.3) is 77.3 Å². The van der Waals surface area contributed by atoms with Crippen LogP contribution in [-0.4, -0.2) is 9.55 Å². The third-order valence-electron chi connectivity index (χ3n) is 11.4. The normalized spacial score (nSPS) is 13.5. The second-order valence-corrected chi connectivity index (χ2v) is 13.8. The average molecular weight is 637 g/mol. The van der Waals surface area contributed by atoms with Gasteiger partial charge in [0.25, 0.3) is 0 Å². The highest BCUT2D eigenvalue weighted by Crippen LogP contribution is 2.64. The molecule has 2 nitrogen and oxygen atoms in total. The minimum absolute atomic E-state index is 0.394. The molecule has 234 valence electrons. The first kappa shape index (κ1) is 27.7. The number of hydrogen-bond acceptors (Lipinski definition) is 1. The van der Waals surface area contributed by atoms with E-state index in [4.69, 9.17) is 4.98 Å². The monoisotopic (exact) mass is 636 g/mol. The molecule has 0 saturated heterocycles. The summed E-state index contributed by atoms with van der Waals surface area (Å²) in [6, 6.07) is 61.0. The third kappa shape index (κ3) is 3.55. The van der Waals surface area contributed by atoms with Crippen molar-refractivity contribution in [1.82, 2.24) is 9.55 Å². The van der Waals surface area contributed by atoms with Crippen molar-refractivity contribution in [3.05, 3.63) is 186 Å². The zero-order valence-electron chi connectivity index (χ0n) is 27.7. The van der Waals surface area contributed by atoms with Gasteiger partial charge in [-0.2, -0.15) is 0 Å². The van der Waals surface area contributed by atoms with Crippen LogP contribution in [0.15, 0.2) is 164 Å². The molecule has 0 aliphatic heterocycles. The zero-order chi connectivity index (χ0) is 33.0. The molecule has 8 aromatic carbocycles. The summed E-state index contributed by atoms with van der Waals surface area (Å²) in [5.41, 5.74) is 16.3. The third-order valence-corrected chi connectivity index (χ3v) is 11.4. The first-order chi connectivity index (χ1) is 24.7. The predicted molar refractivity (Wildman–Crippen MR) is 208 cm³/mol. The van der Waals surface area contributed by atoms with Crippen LogP contribution in [0.4, 0.5) is 0 Å². The van der Waals surface area contributed by atoms with Crippen LogP contribution >= 0.6 is 0 Å². The van der Waals surface area contributed by atoms with Gasteiger partial charge in [-0.05, 0) is 114 Å². The SMILES string of the molecule is CCn1c(-c2ccc(-c3ccc4cc5c(cc4c3)C3(c4ccccc4-c4ccccc43)c3c-5ccc4ccccc34)cc2)nc2ccccc21. The standard InChI is InChI=1S/C48H32N2/c1-2-50-45-18-10-9-17-44(45)49-47(50)32-21-19-30(20-22-32)33-23-24-34-28-40-39-26-25-31-11-3-4-12-36(31)46(39)48(43(40)29-35(34)27-33)41-15-7-5-13-37(41)38-14-6-8-16-42(38)48/h3-29H,2H2,1H3. The van der Waals surface area contributed by atoms with Gasteiger partial charge < -0.3 is 4.57 Å². The van der Waals surface area contributed by atoms with E-state index in [9.17, 15) is 0 Å². The fourth-order valence-corrected chi connectivity index (χ4v) is 9.27. The Morgan fingerprint density at radius 3 is 1.94 bits per heavy atom. The van der Waals surface area contributed by atoms with Crippen molar-refractivity contribution in [2.75, 3.05) is 0 Å². The number of hydrogen-bond donors (Lipinski definition) is 0. The first-order valence-corrected chi connectivity index (χ1v) is 17.6. The van der Waals surface area contributed by atoms with Crippen LogP contribution in [0.1, 0.15) is 29.2 Å². The molecule has 0 amide bonds. The summed E-state index contributed by atoms with van der Waals surface area (Å²) in [4.78, 5) is 5.00. The summed E-state index contributed by atoms with van der Waals surface area (Å²) in [7, 11) is 0. The molecule has 0 atom stereocenters. The van der Waals surface area contributed by atoms with Crippen LogP contribution in [0.2, 0.25) is 0 Å². The summed E-state index contributed by atoms with van der Waals surface area (Å²) >= 11 is 0. The summed E-state index contributed by atoms with van der Waals surface area (Å²) < 4.78 is 2.30. The van der Waals surface area contributed by atoms with Gasteiger partial charge in [-0.25, -0.2) is 4.98 Å². The molecule has 50 heavy (non-hydrogen) atoms. The van der Waals surface area contributed by atoms with E-state index in [0.717, 1.165) is 23.4 Å². The maximum Gasteiger partial charge on any atom is 0.141 e. The minimum atomic E-state index is -0.394. The van der Waals surface area contributed by atoms with E-state index in [0.29, 0.717) is 0 Å². The Morgan fingerprint density at radius 2 is 1.14 bits per heavy atom. The Kier molecular flexibility index (Phi) is 5.61. The number of para-hydroxylation sites is 2. The molecule has 0 bridgehead atoms. The van der Waals surface area contributed by atoms with E-state index < -0.39 is 5.41 Å². The Bertz CT molecular complexity index is 2810. The van der Waals surface area contributed by atoms with Gasteiger partial charge in [0, 0.05) is 12.1 Å². The van der Waals surface area contributed by atoms with Gasteiger partial charge in [-0.15, -0.1) is 0 Å². The predicted octanol–water partition coefficient (Wildman–Crippen LogP) is 12.0. The van der Waals surface area contributed by atoms with Gasteiger partial charge in [0.15, 0.2) is 0 Å². The molecular weight excluding hydrogens is 605 g/mol. The van der Waals surface area contributed by atoms with E-state index in [1.54, 1.807) is 0 Å². The Morgan fingerprint density at radius 1 is 0.480 bits per heavy atom. The molecule has 2 aliphatic rings. The minimum Gasteiger partial charge on any atom is -0.324 e. The van der Waals surface area contributed by atoms with Crippen molar-refractivity contribution in [3.8, 4) is 44.8 Å². The summed E-state index contributed by atoms with van der Waals surface area (Å²) in [5.74, 6) is 1.02. The van der Waals surface area contributed by atoms with Crippen LogP contribution in [0, 0.1) is 0 Å². The smallest absolute Gasteiger partial charge is 0.141 e. The molecule has 0 radical (unpaired) electrons. The zero-order valence-corrected chi connectivity index (χ0v) is 27.7. The fourth-order valence-electron chi connectivity index (χ4n) is 9.27. The van der Waals surface area contributed by atoms with Gasteiger partial charge in [0.1, 0.15) is 5.82 Å². The highest BCUT2D eigenvalue weighted by Gasteiger charge is 2.52. The molecule has 2 heteroatoms. The van der Waals surface area contributed by atoms with Gasteiger partial charge in [-0.1, -0.05) is 133 Å². The van der Waals surface area contributed by atoms with Gasteiger partial charge in [0.2, 0.25) is 0 Å². The number of aromatic nitrogens is 2. The van der Waals surface area contributed by atoms with E-state index >= 15 is 0 Å². The summed E-state index contributed by atoms with van der Waals surface area (Å²) in [6.07, 6.45) is 0. The largest absolute Gasteiger partial charge is 0.324 e. The van der Waals surface area contributed by atoms with E-state index in [1.165, 1.54) is 82.7 Å². The van der Waals surface area contributed by atoms with E-state index in [2.05, 4.69) is 175 Å².